The predicted molar refractivity (Wildman–Crippen MR) is 47.6 cm³/mol. The Balaban J connectivity index is 3.19. The lowest BCUT2D eigenvalue weighted by Crippen LogP contribution is -1.95. The smallest absolute Gasteiger partial charge is 0.346 e. The zero-order valence-electron chi connectivity index (χ0n) is 6.90. The van der Waals surface area contributed by atoms with Crippen LogP contribution >= 0.6 is 11.3 Å². The highest BCUT2D eigenvalue weighted by Crippen LogP contribution is 2.22. The third-order valence-electron chi connectivity index (χ3n) is 1.59. The first-order valence-corrected chi connectivity index (χ1v) is 4.47. The number of aryl methyl sites for hydroxylation is 1. The Kier molecular flexibility index (Phi) is 2.67. The van der Waals surface area contributed by atoms with E-state index < -0.39 is 11.9 Å². The number of hydrogen-bond donors (Lipinski definition) is 2. The normalized spacial score (nSPS) is 9.92. The van der Waals surface area contributed by atoms with Crippen LogP contribution in [0.25, 0.3) is 0 Å². The van der Waals surface area contributed by atoms with E-state index in [0.717, 1.165) is 11.3 Å². The van der Waals surface area contributed by atoms with Gasteiger partial charge in [-0.1, -0.05) is 6.92 Å². The number of aromatic carboxylic acids is 2. The monoisotopic (exact) mass is 200 g/mol. The highest BCUT2D eigenvalue weighted by atomic mass is 32.1. The predicted octanol–water partition coefficient (Wildman–Crippen LogP) is 1.71. The molecule has 0 radical (unpaired) electrons. The largest absolute Gasteiger partial charge is 0.477 e. The second-order valence-electron chi connectivity index (χ2n) is 2.43. The van der Waals surface area contributed by atoms with E-state index in [1.807, 2.05) is 0 Å². The molecule has 0 aliphatic rings. The van der Waals surface area contributed by atoms with Gasteiger partial charge in [-0.2, -0.15) is 0 Å². The van der Waals surface area contributed by atoms with Crippen molar-refractivity contribution >= 4 is 23.3 Å². The first kappa shape index (κ1) is 9.73. The van der Waals surface area contributed by atoms with Crippen LogP contribution in [0.2, 0.25) is 0 Å². The summed E-state index contributed by atoms with van der Waals surface area (Å²) >= 11 is 0.801. The molecule has 0 aliphatic carbocycles. The van der Waals surface area contributed by atoms with Crippen LogP contribution in [-0.4, -0.2) is 22.2 Å². The minimum absolute atomic E-state index is 0.0780. The first-order chi connectivity index (χ1) is 6.06. The van der Waals surface area contributed by atoms with Gasteiger partial charge in [-0.15, -0.1) is 11.3 Å². The fraction of sp³-hybridized carbons (Fsp3) is 0.250. The molecule has 13 heavy (non-hydrogen) atoms. The topological polar surface area (TPSA) is 74.6 Å². The van der Waals surface area contributed by atoms with Crippen molar-refractivity contribution in [3.63, 3.8) is 0 Å². The van der Waals surface area contributed by atoms with E-state index in [9.17, 15) is 9.59 Å². The molecule has 0 amide bonds. The summed E-state index contributed by atoms with van der Waals surface area (Å²) in [6, 6.07) is 1.41. The fourth-order valence-corrected chi connectivity index (χ4v) is 1.91. The van der Waals surface area contributed by atoms with Crippen LogP contribution in [0.15, 0.2) is 6.07 Å². The second kappa shape index (κ2) is 3.57. The molecule has 1 rings (SSSR count). The molecule has 0 atom stereocenters. The lowest BCUT2D eigenvalue weighted by molar-refractivity contribution is 0.0692. The van der Waals surface area contributed by atoms with Crippen molar-refractivity contribution < 1.29 is 19.8 Å². The molecule has 2 N–H and O–H groups in total. The number of hydrogen-bond acceptors (Lipinski definition) is 3. The maximum Gasteiger partial charge on any atom is 0.346 e. The van der Waals surface area contributed by atoms with Gasteiger partial charge in [0.1, 0.15) is 9.75 Å². The molecule has 70 valence electrons. The highest BCUT2D eigenvalue weighted by Gasteiger charge is 2.16. The Hall–Kier alpha value is -1.36. The lowest BCUT2D eigenvalue weighted by atomic mass is 10.2. The SMILES string of the molecule is CCc1cc(C(=O)O)sc1C(=O)O. The quantitative estimate of drug-likeness (QED) is 0.778. The summed E-state index contributed by atoms with van der Waals surface area (Å²) in [6.07, 6.45) is 0.533. The van der Waals surface area contributed by atoms with Crippen molar-refractivity contribution in [3.05, 3.63) is 21.4 Å². The van der Waals surface area contributed by atoms with Gasteiger partial charge in [0.15, 0.2) is 0 Å². The van der Waals surface area contributed by atoms with Gasteiger partial charge >= 0.3 is 11.9 Å². The van der Waals surface area contributed by atoms with Crippen LogP contribution in [0.5, 0.6) is 0 Å². The Labute approximate surface area is 78.4 Å². The fourth-order valence-electron chi connectivity index (χ4n) is 0.978. The molecule has 0 aliphatic heterocycles. The highest BCUT2D eigenvalue weighted by molar-refractivity contribution is 7.15. The summed E-state index contributed by atoms with van der Waals surface area (Å²) in [6.45, 7) is 1.79. The van der Waals surface area contributed by atoms with Crippen LogP contribution in [0.1, 0.15) is 31.8 Å². The molecule has 5 heteroatoms. The number of thiophene rings is 1. The van der Waals surface area contributed by atoms with E-state index in [1.165, 1.54) is 6.07 Å². The van der Waals surface area contributed by atoms with Crippen LogP contribution in [0, 0.1) is 0 Å². The molecule has 0 unspecified atom stereocenters. The van der Waals surface area contributed by atoms with E-state index in [4.69, 9.17) is 10.2 Å². The summed E-state index contributed by atoms with van der Waals surface area (Å²) in [5, 5.41) is 17.3. The van der Waals surface area contributed by atoms with E-state index in [2.05, 4.69) is 0 Å². The molecule has 4 nitrogen and oxygen atoms in total. The van der Waals surface area contributed by atoms with E-state index in [0.29, 0.717) is 12.0 Å². The van der Waals surface area contributed by atoms with Gasteiger partial charge in [0.2, 0.25) is 0 Å². The number of carboxylic acids is 2. The third kappa shape index (κ3) is 1.86. The van der Waals surface area contributed by atoms with Gasteiger partial charge in [0.25, 0.3) is 0 Å². The molecule has 1 aromatic heterocycles. The van der Waals surface area contributed by atoms with Crippen LogP contribution in [-0.2, 0) is 6.42 Å². The Morgan fingerprint density at radius 2 is 2.00 bits per heavy atom. The summed E-state index contributed by atoms with van der Waals surface area (Å²) in [4.78, 5) is 21.4. The van der Waals surface area contributed by atoms with Gasteiger partial charge < -0.3 is 10.2 Å². The van der Waals surface area contributed by atoms with Crippen molar-refractivity contribution in [2.24, 2.45) is 0 Å². The molecular weight excluding hydrogens is 192 g/mol. The molecule has 0 bridgehead atoms. The molecule has 0 fully saturated rings. The molecule has 0 aromatic carbocycles. The van der Waals surface area contributed by atoms with Crippen molar-refractivity contribution in [2.75, 3.05) is 0 Å². The maximum absolute atomic E-state index is 10.6. The van der Waals surface area contributed by atoms with Crippen LogP contribution < -0.4 is 0 Å². The third-order valence-corrected chi connectivity index (χ3v) is 2.75. The molecule has 1 heterocycles. The van der Waals surface area contributed by atoms with Gasteiger partial charge in [0.05, 0.1) is 0 Å². The average molecular weight is 200 g/mol. The minimum Gasteiger partial charge on any atom is -0.477 e. The van der Waals surface area contributed by atoms with Crippen LogP contribution in [0.3, 0.4) is 0 Å². The lowest BCUT2D eigenvalue weighted by Gasteiger charge is -1.91. The Bertz CT molecular complexity index is 353. The van der Waals surface area contributed by atoms with Crippen molar-refractivity contribution in [2.45, 2.75) is 13.3 Å². The van der Waals surface area contributed by atoms with E-state index >= 15 is 0 Å². The van der Waals surface area contributed by atoms with Crippen LogP contribution in [0.4, 0.5) is 0 Å². The molecular formula is C8H8O4S. The molecule has 0 saturated carbocycles. The van der Waals surface area contributed by atoms with Crippen molar-refractivity contribution in [1.82, 2.24) is 0 Å². The summed E-state index contributed by atoms with van der Waals surface area (Å²) in [5.74, 6) is -2.14. The van der Waals surface area contributed by atoms with Gasteiger partial charge in [0, 0.05) is 0 Å². The zero-order valence-corrected chi connectivity index (χ0v) is 7.72. The van der Waals surface area contributed by atoms with Crippen molar-refractivity contribution in [1.29, 1.82) is 0 Å². The van der Waals surface area contributed by atoms with Crippen molar-refractivity contribution in [3.8, 4) is 0 Å². The number of carboxylic acid groups (broad SMARTS) is 2. The maximum atomic E-state index is 10.6. The standard InChI is InChI=1S/C8H8O4S/c1-2-4-3-5(7(9)10)13-6(4)8(11)12/h3H,2H2,1H3,(H,9,10)(H,11,12). The summed E-state index contributed by atoms with van der Waals surface area (Å²) in [7, 11) is 0. The summed E-state index contributed by atoms with van der Waals surface area (Å²) < 4.78 is 0. The minimum atomic E-state index is -1.08. The Morgan fingerprint density at radius 3 is 2.31 bits per heavy atom. The van der Waals surface area contributed by atoms with Gasteiger partial charge in [-0.25, -0.2) is 9.59 Å². The molecule has 0 spiro atoms. The number of carbonyl (C=O) groups is 2. The zero-order chi connectivity index (χ0) is 10.0. The first-order valence-electron chi connectivity index (χ1n) is 3.65. The molecule has 0 saturated heterocycles. The second-order valence-corrected chi connectivity index (χ2v) is 3.48. The van der Waals surface area contributed by atoms with Gasteiger partial charge in [-0.3, -0.25) is 0 Å². The van der Waals surface area contributed by atoms with Gasteiger partial charge in [-0.05, 0) is 18.1 Å². The Morgan fingerprint density at radius 1 is 1.38 bits per heavy atom. The average Bonchev–Trinajstić information content (AvgIpc) is 2.47. The molecule has 1 aromatic rings. The van der Waals surface area contributed by atoms with E-state index in [-0.39, 0.29) is 9.75 Å². The van der Waals surface area contributed by atoms with E-state index in [1.54, 1.807) is 6.92 Å². The summed E-state index contributed by atoms with van der Waals surface area (Å²) in [5.41, 5.74) is 0.579. The number of rotatable bonds is 3.